The number of carbonyl (C=O) groups excluding carboxylic acids is 2. The van der Waals surface area contributed by atoms with Crippen molar-refractivity contribution in [1.29, 1.82) is 0 Å². The fourth-order valence-corrected chi connectivity index (χ4v) is 4.15. The molecule has 0 spiro atoms. The molecule has 1 aliphatic rings. The third-order valence-corrected chi connectivity index (χ3v) is 5.68. The summed E-state index contributed by atoms with van der Waals surface area (Å²) < 4.78 is 0. The molecule has 1 atom stereocenters. The first-order valence-corrected chi connectivity index (χ1v) is 10.3. The van der Waals surface area contributed by atoms with Gasteiger partial charge in [0.2, 0.25) is 5.91 Å². The molecule has 2 aromatic rings. The lowest BCUT2D eigenvalue weighted by atomic mass is 9.98. The van der Waals surface area contributed by atoms with Crippen LogP contribution in [0, 0.1) is 6.92 Å². The zero-order chi connectivity index (χ0) is 20.3. The standard InChI is InChI=1S/C21H26N4O2S/c1-13(2)17-10-5-14(3)11-18(17)25-19(26)12-28-21(25)24-20(27)23-16-8-6-15(22-4)7-9-16/h5-11,13,21-22H,12H2,1-4H3,(H2,23,24,27). The van der Waals surface area contributed by atoms with E-state index in [-0.39, 0.29) is 17.9 Å². The van der Waals surface area contributed by atoms with Gasteiger partial charge in [-0.25, -0.2) is 4.79 Å². The van der Waals surface area contributed by atoms with E-state index in [9.17, 15) is 9.59 Å². The quantitative estimate of drug-likeness (QED) is 0.700. The van der Waals surface area contributed by atoms with Gasteiger partial charge < -0.3 is 16.0 Å². The summed E-state index contributed by atoms with van der Waals surface area (Å²) in [6, 6.07) is 13.2. The normalized spacial score (nSPS) is 16.4. The summed E-state index contributed by atoms with van der Waals surface area (Å²) in [6.07, 6.45) is 0. The number of thioether (sulfide) groups is 1. The number of hydrogen-bond donors (Lipinski definition) is 3. The minimum Gasteiger partial charge on any atom is -0.388 e. The van der Waals surface area contributed by atoms with Crippen LogP contribution in [0.3, 0.4) is 0 Å². The van der Waals surface area contributed by atoms with Gasteiger partial charge in [-0.05, 0) is 54.3 Å². The second-order valence-corrected chi connectivity index (χ2v) is 8.14. The second kappa shape index (κ2) is 8.56. The number of amides is 3. The SMILES string of the molecule is CNc1ccc(NC(=O)NC2SCC(=O)N2c2cc(C)ccc2C(C)C)cc1. The molecule has 1 fully saturated rings. The molecule has 0 saturated carbocycles. The highest BCUT2D eigenvalue weighted by molar-refractivity contribution is 8.01. The van der Waals surface area contributed by atoms with Gasteiger partial charge in [0.05, 0.1) is 11.4 Å². The van der Waals surface area contributed by atoms with E-state index in [0.717, 1.165) is 22.5 Å². The average Bonchev–Trinajstić information content (AvgIpc) is 3.01. The van der Waals surface area contributed by atoms with E-state index >= 15 is 0 Å². The van der Waals surface area contributed by atoms with Crippen molar-refractivity contribution in [3.05, 3.63) is 53.6 Å². The van der Waals surface area contributed by atoms with E-state index in [1.54, 1.807) is 4.90 Å². The predicted molar refractivity (Wildman–Crippen MR) is 117 cm³/mol. The molecule has 0 radical (unpaired) electrons. The number of urea groups is 1. The highest BCUT2D eigenvalue weighted by Gasteiger charge is 2.35. The van der Waals surface area contributed by atoms with Crippen molar-refractivity contribution in [2.24, 2.45) is 0 Å². The van der Waals surface area contributed by atoms with Gasteiger partial charge in [-0.15, -0.1) is 11.8 Å². The number of nitrogens with one attached hydrogen (secondary N) is 3. The Balaban J connectivity index is 1.77. The number of rotatable bonds is 5. The maximum Gasteiger partial charge on any atom is 0.321 e. The van der Waals surface area contributed by atoms with Gasteiger partial charge in [0.1, 0.15) is 0 Å². The summed E-state index contributed by atoms with van der Waals surface area (Å²) in [5, 5.41) is 8.79. The fraction of sp³-hybridized carbons (Fsp3) is 0.333. The smallest absolute Gasteiger partial charge is 0.321 e. The molecule has 148 valence electrons. The highest BCUT2D eigenvalue weighted by Crippen LogP contribution is 2.35. The van der Waals surface area contributed by atoms with Gasteiger partial charge in [-0.2, -0.15) is 0 Å². The van der Waals surface area contributed by atoms with Crippen molar-refractivity contribution in [1.82, 2.24) is 5.32 Å². The number of aryl methyl sites for hydroxylation is 1. The molecule has 3 N–H and O–H groups in total. The molecule has 28 heavy (non-hydrogen) atoms. The van der Waals surface area contributed by atoms with Gasteiger partial charge in [0, 0.05) is 18.4 Å². The third kappa shape index (κ3) is 4.42. The van der Waals surface area contributed by atoms with Crippen LogP contribution < -0.4 is 20.9 Å². The molecule has 2 aromatic carbocycles. The van der Waals surface area contributed by atoms with E-state index < -0.39 is 5.50 Å². The molecule has 3 amide bonds. The lowest BCUT2D eigenvalue weighted by Crippen LogP contribution is -2.46. The van der Waals surface area contributed by atoms with Crippen LogP contribution in [-0.2, 0) is 4.79 Å². The molecule has 0 bridgehead atoms. The Morgan fingerprint density at radius 2 is 1.82 bits per heavy atom. The second-order valence-electron chi connectivity index (χ2n) is 7.07. The van der Waals surface area contributed by atoms with Crippen molar-refractivity contribution in [2.45, 2.75) is 32.2 Å². The summed E-state index contributed by atoms with van der Waals surface area (Å²) in [5.74, 6) is 0.614. The van der Waals surface area contributed by atoms with Crippen LogP contribution in [0.15, 0.2) is 42.5 Å². The largest absolute Gasteiger partial charge is 0.388 e. The topological polar surface area (TPSA) is 73.5 Å². The van der Waals surface area contributed by atoms with Crippen LogP contribution in [0.25, 0.3) is 0 Å². The Kier molecular flexibility index (Phi) is 6.14. The lowest BCUT2D eigenvalue weighted by Gasteiger charge is -2.28. The Labute approximate surface area is 170 Å². The summed E-state index contributed by atoms with van der Waals surface area (Å²) in [4.78, 5) is 26.8. The van der Waals surface area contributed by atoms with Crippen LogP contribution in [-0.4, -0.2) is 30.2 Å². The highest BCUT2D eigenvalue weighted by atomic mass is 32.2. The molecule has 0 aromatic heterocycles. The zero-order valence-corrected chi connectivity index (χ0v) is 17.4. The van der Waals surface area contributed by atoms with E-state index in [4.69, 9.17) is 0 Å². The third-order valence-electron chi connectivity index (χ3n) is 4.62. The number of hydrogen-bond acceptors (Lipinski definition) is 4. The zero-order valence-electron chi connectivity index (χ0n) is 16.6. The molecule has 1 heterocycles. The first kappa shape index (κ1) is 20.1. The monoisotopic (exact) mass is 398 g/mol. The number of nitrogens with zero attached hydrogens (tertiary/aromatic N) is 1. The van der Waals surface area contributed by atoms with Gasteiger partial charge in [-0.1, -0.05) is 26.0 Å². The summed E-state index contributed by atoms with van der Waals surface area (Å²) >= 11 is 1.42. The van der Waals surface area contributed by atoms with Crippen LogP contribution in [0.2, 0.25) is 0 Å². The van der Waals surface area contributed by atoms with Gasteiger partial charge in [0.15, 0.2) is 5.50 Å². The fourth-order valence-electron chi connectivity index (χ4n) is 3.14. The molecule has 1 unspecified atom stereocenters. The Hall–Kier alpha value is -2.67. The first-order chi connectivity index (χ1) is 13.4. The predicted octanol–water partition coefficient (Wildman–Crippen LogP) is 4.35. The molecule has 1 aliphatic heterocycles. The van der Waals surface area contributed by atoms with Crippen LogP contribution in [0.5, 0.6) is 0 Å². The molecular weight excluding hydrogens is 372 g/mol. The van der Waals surface area contributed by atoms with Crippen LogP contribution >= 0.6 is 11.8 Å². The summed E-state index contributed by atoms with van der Waals surface area (Å²) in [7, 11) is 1.84. The first-order valence-electron chi connectivity index (χ1n) is 9.28. The average molecular weight is 399 g/mol. The Morgan fingerprint density at radius 1 is 1.14 bits per heavy atom. The van der Waals surface area contributed by atoms with Crippen molar-refractivity contribution in [2.75, 3.05) is 28.3 Å². The Bertz CT molecular complexity index is 867. The summed E-state index contributed by atoms with van der Waals surface area (Å²) in [6.45, 7) is 6.21. The lowest BCUT2D eigenvalue weighted by molar-refractivity contribution is -0.115. The number of anilines is 3. The molecule has 6 nitrogen and oxygen atoms in total. The summed E-state index contributed by atoms with van der Waals surface area (Å²) in [5.41, 5.74) is 4.26. The van der Waals surface area contributed by atoms with Crippen molar-refractivity contribution in [3.63, 3.8) is 0 Å². The minimum atomic E-state index is -0.441. The van der Waals surface area contributed by atoms with Crippen molar-refractivity contribution in [3.8, 4) is 0 Å². The van der Waals surface area contributed by atoms with Gasteiger partial charge in [0.25, 0.3) is 0 Å². The molecule has 0 aliphatic carbocycles. The Morgan fingerprint density at radius 3 is 2.46 bits per heavy atom. The molecular formula is C21H26N4O2S. The minimum absolute atomic E-state index is 0.00109. The molecule has 1 saturated heterocycles. The van der Waals surface area contributed by atoms with Gasteiger partial charge >= 0.3 is 6.03 Å². The molecule has 3 rings (SSSR count). The maximum absolute atomic E-state index is 12.6. The van der Waals surface area contributed by atoms with E-state index in [0.29, 0.717) is 11.4 Å². The van der Waals surface area contributed by atoms with E-state index in [2.05, 4.69) is 41.9 Å². The van der Waals surface area contributed by atoms with Crippen molar-refractivity contribution >= 4 is 40.8 Å². The van der Waals surface area contributed by atoms with Crippen LogP contribution in [0.1, 0.15) is 30.9 Å². The number of benzene rings is 2. The molecule has 7 heteroatoms. The van der Waals surface area contributed by atoms with E-state index in [1.807, 2.05) is 44.3 Å². The van der Waals surface area contributed by atoms with Crippen molar-refractivity contribution < 1.29 is 9.59 Å². The maximum atomic E-state index is 12.6. The van der Waals surface area contributed by atoms with E-state index in [1.165, 1.54) is 11.8 Å². The number of carbonyl (C=O) groups is 2. The van der Waals surface area contributed by atoms with Gasteiger partial charge in [-0.3, -0.25) is 9.69 Å². The van der Waals surface area contributed by atoms with Crippen LogP contribution in [0.4, 0.5) is 21.9 Å².